The summed E-state index contributed by atoms with van der Waals surface area (Å²) in [7, 11) is 0. The molecule has 5 nitrogen and oxygen atoms in total. The molecule has 0 N–H and O–H groups in total. The van der Waals surface area contributed by atoms with Gasteiger partial charge >= 0.3 is 0 Å². The molecule has 2 amide bonds. The highest BCUT2D eigenvalue weighted by Gasteiger charge is 2.38. The summed E-state index contributed by atoms with van der Waals surface area (Å²) in [4.78, 5) is 28.2. The maximum absolute atomic E-state index is 12.6. The summed E-state index contributed by atoms with van der Waals surface area (Å²) in [5, 5.41) is 0. The number of likely N-dealkylation sites (tertiary alicyclic amines) is 1. The second kappa shape index (κ2) is 5.91. The van der Waals surface area contributed by atoms with Gasteiger partial charge in [0.05, 0.1) is 12.8 Å². The molecule has 2 aliphatic heterocycles. The molecule has 0 radical (unpaired) electrons. The Hall–Kier alpha value is -1.43. The lowest BCUT2D eigenvalue weighted by atomic mass is 10.2. The van der Waals surface area contributed by atoms with Crippen LogP contribution in [0.4, 0.5) is 0 Å². The van der Waals surface area contributed by atoms with Crippen molar-refractivity contribution in [3.63, 3.8) is 0 Å². The van der Waals surface area contributed by atoms with Gasteiger partial charge in [0, 0.05) is 31.0 Å². The number of carbonyl (C=O) groups excluding carboxylic acids is 2. The molecule has 2 saturated heterocycles. The maximum Gasteiger partial charge on any atom is 0.245 e. The predicted octanol–water partition coefficient (Wildman–Crippen LogP) is 1.35. The van der Waals surface area contributed by atoms with Crippen LogP contribution in [0.1, 0.15) is 18.6 Å². The molecule has 0 saturated carbocycles. The summed E-state index contributed by atoms with van der Waals surface area (Å²) in [6.45, 7) is 1.98. The lowest BCUT2D eigenvalue weighted by Gasteiger charge is -2.32. The summed E-state index contributed by atoms with van der Waals surface area (Å²) in [6, 6.07) is 3.33. The molecule has 108 valence electrons. The SMILES string of the molecule is O=C(C1CCC(=O)N1Cc1ccco1)N1CCSCC1. The number of carbonyl (C=O) groups is 2. The number of thioether (sulfide) groups is 1. The lowest BCUT2D eigenvalue weighted by Crippen LogP contribution is -2.49. The van der Waals surface area contributed by atoms with Gasteiger partial charge in [-0.15, -0.1) is 0 Å². The van der Waals surface area contributed by atoms with Crippen LogP contribution in [0.3, 0.4) is 0 Å². The molecule has 3 heterocycles. The molecule has 1 aromatic heterocycles. The third-order valence-electron chi connectivity index (χ3n) is 3.84. The van der Waals surface area contributed by atoms with Gasteiger partial charge in [0.15, 0.2) is 0 Å². The minimum Gasteiger partial charge on any atom is -0.467 e. The van der Waals surface area contributed by atoms with Gasteiger partial charge in [-0.25, -0.2) is 0 Å². The van der Waals surface area contributed by atoms with Crippen LogP contribution in [0.25, 0.3) is 0 Å². The Kier molecular flexibility index (Phi) is 4.00. The van der Waals surface area contributed by atoms with Crippen LogP contribution < -0.4 is 0 Å². The Labute approximate surface area is 122 Å². The number of rotatable bonds is 3. The normalized spacial score (nSPS) is 23.4. The van der Waals surface area contributed by atoms with Crippen LogP contribution in [0.2, 0.25) is 0 Å². The Balaban J connectivity index is 1.70. The first kappa shape index (κ1) is 13.5. The molecule has 0 spiro atoms. The number of nitrogens with zero attached hydrogens (tertiary/aromatic N) is 2. The summed E-state index contributed by atoms with van der Waals surface area (Å²) in [5.74, 6) is 2.86. The molecular weight excluding hydrogens is 276 g/mol. The maximum atomic E-state index is 12.6. The molecule has 1 unspecified atom stereocenters. The first-order valence-corrected chi connectivity index (χ1v) is 8.09. The van der Waals surface area contributed by atoms with Crippen LogP contribution in [0, 0.1) is 0 Å². The number of hydrogen-bond acceptors (Lipinski definition) is 4. The molecule has 2 aliphatic rings. The lowest BCUT2D eigenvalue weighted by molar-refractivity contribution is -0.141. The van der Waals surface area contributed by atoms with Crippen LogP contribution >= 0.6 is 11.8 Å². The molecule has 0 aliphatic carbocycles. The highest BCUT2D eigenvalue weighted by atomic mass is 32.2. The van der Waals surface area contributed by atoms with Gasteiger partial charge in [0.25, 0.3) is 0 Å². The van der Waals surface area contributed by atoms with E-state index in [4.69, 9.17) is 4.42 Å². The second-order valence-corrected chi connectivity index (χ2v) is 6.32. The van der Waals surface area contributed by atoms with Crippen LogP contribution in [-0.2, 0) is 16.1 Å². The zero-order valence-corrected chi connectivity index (χ0v) is 12.1. The zero-order valence-electron chi connectivity index (χ0n) is 11.3. The summed E-state index contributed by atoms with van der Waals surface area (Å²) in [6.07, 6.45) is 2.68. The average molecular weight is 294 g/mol. The van der Waals surface area contributed by atoms with E-state index >= 15 is 0 Å². The standard InChI is InChI=1S/C14H18N2O3S/c17-13-4-3-12(14(18)15-5-8-20-9-6-15)16(13)10-11-2-1-7-19-11/h1-2,7,12H,3-6,8-10H2. The minimum absolute atomic E-state index is 0.0473. The molecule has 20 heavy (non-hydrogen) atoms. The molecule has 1 aromatic rings. The fraction of sp³-hybridized carbons (Fsp3) is 0.571. The zero-order chi connectivity index (χ0) is 13.9. The van der Waals surface area contributed by atoms with E-state index in [0.29, 0.717) is 19.4 Å². The van der Waals surface area contributed by atoms with Crippen LogP contribution in [0.5, 0.6) is 0 Å². The Morgan fingerprint density at radius 2 is 2.20 bits per heavy atom. The number of furan rings is 1. The van der Waals surface area contributed by atoms with Gasteiger partial charge in [-0.2, -0.15) is 11.8 Å². The first-order chi connectivity index (χ1) is 9.75. The van der Waals surface area contributed by atoms with Crippen LogP contribution in [0.15, 0.2) is 22.8 Å². The summed E-state index contributed by atoms with van der Waals surface area (Å²) in [5.41, 5.74) is 0. The molecule has 0 aromatic carbocycles. The van der Waals surface area contributed by atoms with Gasteiger partial charge in [-0.05, 0) is 18.6 Å². The van der Waals surface area contributed by atoms with E-state index in [-0.39, 0.29) is 17.9 Å². The van der Waals surface area contributed by atoms with Gasteiger partial charge in [-0.1, -0.05) is 0 Å². The van der Waals surface area contributed by atoms with Crippen molar-refractivity contribution in [3.8, 4) is 0 Å². The van der Waals surface area contributed by atoms with E-state index in [0.717, 1.165) is 30.4 Å². The molecule has 1 atom stereocenters. The average Bonchev–Trinajstić information content (AvgIpc) is 3.11. The van der Waals surface area contributed by atoms with Gasteiger partial charge in [0.1, 0.15) is 11.8 Å². The highest BCUT2D eigenvalue weighted by Crippen LogP contribution is 2.24. The highest BCUT2D eigenvalue weighted by molar-refractivity contribution is 7.99. The van der Waals surface area contributed by atoms with Gasteiger partial charge in [0.2, 0.25) is 11.8 Å². The van der Waals surface area contributed by atoms with Crippen molar-refractivity contribution in [1.29, 1.82) is 0 Å². The van der Waals surface area contributed by atoms with E-state index in [2.05, 4.69) is 0 Å². The molecule has 6 heteroatoms. The predicted molar refractivity (Wildman–Crippen MR) is 76.2 cm³/mol. The molecule has 2 fully saturated rings. The van der Waals surface area contributed by atoms with Crippen molar-refractivity contribution in [3.05, 3.63) is 24.2 Å². The monoisotopic (exact) mass is 294 g/mol. The fourth-order valence-electron chi connectivity index (χ4n) is 2.75. The van der Waals surface area contributed by atoms with Crippen molar-refractivity contribution in [2.45, 2.75) is 25.4 Å². The van der Waals surface area contributed by atoms with Crippen molar-refractivity contribution >= 4 is 23.6 Å². The largest absolute Gasteiger partial charge is 0.467 e. The summed E-state index contributed by atoms with van der Waals surface area (Å²) < 4.78 is 5.30. The van der Waals surface area contributed by atoms with E-state index in [1.54, 1.807) is 17.2 Å². The molecule has 0 bridgehead atoms. The fourth-order valence-corrected chi connectivity index (χ4v) is 3.66. The smallest absolute Gasteiger partial charge is 0.245 e. The topological polar surface area (TPSA) is 53.8 Å². The third kappa shape index (κ3) is 2.70. The Morgan fingerprint density at radius 1 is 1.40 bits per heavy atom. The quantitative estimate of drug-likeness (QED) is 0.844. The number of hydrogen-bond donors (Lipinski definition) is 0. The molecular formula is C14H18N2O3S. The Bertz CT molecular complexity index is 483. The van der Waals surface area contributed by atoms with Crippen molar-refractivity contribution < 1.29 is 14.0 Å². The Morgan fingerprint density at radius 3 is 2.90 bits per heavy atom. The summed E-state index contributed by atoms with van der Waals surface area (Å²) >= 11 is 1.87. The second-order valence-electron chi connectivity index (χ2n) is 5.09. The number of amides is 2. The van der Waals surface area contributed by atoms with E-state index < -0.39 is 0 Å². The van der Waals surface area contributed by atoms with Gasteiger partial charge < -0.3 is 14.2 Å². The van der Waals surface area contributed by atoms with Gasteiger partial charge in [-0.3, -0.25) is 9.59 Å². The van der Waals surface area contributed by atoms with Crippen molar-refractivity contribution in [2.75, 3.05) is 24.6 Å². The first-order valence-electron chi connectivity index (χ1n) is 6.94. The van der Waals surface area contributed by atoms with E-state index in [1.165, 1.54) is 0 Å². The van der Waals surface area contributed by atoms with E-state index in [1.807, 2.05) is 22.7 Å². The minimum atomic E-state index is -0.310. The third-order valence-corrected chi connectivity index (χ3v) is 4.78. The van der Waals surface area contributed by atoms with Crippen molar-refractivity contribution in [1.82, 2.24) is 9.80 Å². The van der Waals surface area contributed by atoms with Crippen molar-refractivity contribution in [2.24, 2.45) is 0 Å². The molecule has 3 rings (SSSR count). The van der Waals surface area contributed by atoms with Crippen LogP contribution in [-0.4, -0.2) is 52.3 Å². The van der Waals surface area contributed by atoms with E-state index in [9.17, 15) is 9.59 Å².